The number of aliphatic hydroxyl groups is 2. The summed E-state index contributed by atoms with van der Waals surface area (Å²) in [5, 5.41) is 52.9. The van der Waals surface area contributed by atoms with E-state index in [-0.39, 0.29) is 77.7 Å². The highest BCUT2D eigenvalue weighted by atomic mass is 79.9. The number of ether oxygens (including phenoxy) is 2. The topological polar surface area (TPSA) is 228 Å². The molecule has 2 saturated heterocycles. The first-order valence-electron chi connectivity index (χ1n) is 24.5. The van der Waals surface area contributed by atoms with Crippen molar-refractivity contribution in [3.8, 4) is 22.6 Å². The Morgan fingerprint density at radius 1 is 0.829 bits per heavy atom. The van der Waals surface area contributed by atoms with Crippen molar-refractivity contribution in [2.45, 2.75) is 83.9 Å². The first-order chi connectivity index (χ1) is 33.7. The summed E-state index contributed by atoms with van der Waals surface area (Å²) in [5.74, 6) is -1.88. The summed E-state index contributed by atoms with van der Waals surface area (Å²) in [5.41, 5.74) is 5.75. The fraction of sp³-hybridized carbons (Fsp3) is 0.569. The van der Waals surface area contributed by atoms with Crippen LogP contribution in [0.4, 0.5) is 0 Å². The number of carbonyl (C=O) groups excluding carboxylic acids is 1. The van der Waals surface area contributed by atoms with Gasteiger partial charge in [0.05, 0.1) is 24.2 Å². The van der Waals surface area contributed by atoms with E-state index in [2.05, 4.69) is 86.6 Å². The third-order valence-electron chi connectivity index (χ3n) is 13.1. The monoisotopic (exact) mass is 1040 g/mol. The molecule has 5 rings (SSSR count). The molecule has 70 heavy (non-hydrogen) atoms. The fourth-order valence-corrected chi connectivity index (χ4v) is 9.60. The minimum absolute atomic E-state index is 0.000843. The number of carbonyl (C=O) groups is 4. The van der Waals surface area contributed by atoms with Crippen molar-refractivity contribution in [1.29, 1.82) is 0 Å². The van der Waals surface area contributed by atoms with Crippen molar-refractivity contribution in [2.75, 3.05) is 105 Å². The van der Waals surface area contributed by atoms with Crippen LogP contribution in [0, 0.1) is 6.92 Å². The number of piperazine rings is 1. The number of halogens is 1. The van der Waals surface area contributed by atoms with E-state index in [1.165, 1.54) is 36.0 Å². The van der Waals surface area contributed by atoms with Gasteiger partial charge in [0.2, 0.25) is 5.91 Å². The Hall–Kier alpha value is -4.70. The number of rotatable bonds is 31. The first-order valence-corrected chi connectivity index (χ1v) is 25.3. The predicted molar refractivity (Wildman–Crippen MR) is 270 cm³/mol. The summed E-state index contributed by atoms with van der Waals surface area (Å²) in [6.45, 7) is 10.7. The number of aliphatic carboxylic acids is 3. The van der Waals surface area contributed by atoms with Crippen molar-refractivity contribution in [2.24, 2.45) is 0 Å². The summed E-state index contributed by atoms with van der Waals surface area (Å²) in [6.07, 6.45) is 2.80. The van der Waals surface area contributed by atoms with Gasteiger partial charge in [-0.25, -0.2) is 0 Å². The quantitative estimate of drug-likeness (QED) is 0.0359. The minimum atomic E-state index is -1.59. The van der Waals surface area contributed by atoms with E-state index in [1.54, 1.807) is 14.7 Å². The maximum Gasteiger partial charge on any atom is 0.320 e. The van der Waals surface area contributed by atoms with Crippen molar-refractivity contribution in [3.63, 3.8) is 0 Å². The van der Waals surface area contributed by atoms with Gasteiger partial charge in [0, 0.05) is 109 Å². The molecule has 0 aliphatic carbocycles. The molecule has 0 saturated carbocycles. The van der Waals surface area contributed by atoms with Crippen LogP contribution in [0.5, 0.6) is 11.5 Å². The van der Waals surface area contributed by atoms with Crippen molar-refractivity contribution in [1.82, 2.24) is 35.1 Å². The second kappa shape index (κ2) is 29.6. The summed E-state index contributed by atoms with van der Waals surface area (Å²) in [7, 11) is 0. The van der Waals surface area contributed by atoms with Gasteiger partial charge in [0.25, 0.3) is 0 Å². The zero-order chi connectivity index (χ0) is 50.4. The number of benzene rings is 3. The molecule has 2 aliphatic heterocycles. The van der Waals surface area contributed by atoms with Gasteiger partial charge in [-0.05, 0) is 90.3 Å². The molecular formula is C51H74BrN7O11. The smallest absolute Gasteiger partial charge is 0.320 e. The first kappa shape index (κ1) is 56.2. The van der Waals surface area contributed by atoms with Crippen LogP contribution in [-0.2, 0) is 32.3 Å². The van der Waals surface area contributed by atoms with Crippen molar-refractivity contribution >= 4 is 39.7 Å². The summed E-state index contributed by atoms with van der Waals surface area (Å²) in [4.78, 5) is 58.5. The lowest BCUT2D eigenvalue weighted by Crippen LogP contribution is -2.51. The van der Waals surface area contributed by atoms with E-state index >= 15 is 0 Å². The standard InChI is InChI=1S/C51H74BrN7O11/c1-37-10-6-7-20-59(37)34-41-30-43(52)46(70-36-40-13-8-14-42(38(40)2)39-11-4-3-5-12-39)31-45(41)69-29-9-19-55-23-27-58(28-24-55)47(60)16-15-44(51(67)68)57(22-18-54-33-49(63)64)26-25-56(35-50(65)66)21-17-53-32-48(61)62/h3-5,8,11-14,30-31,37,44,49,53-54,63-64H,6-7,9-10,15-29,32-36H2,1-2H3,(H,61,62)(H,65,66)(H,67,68)/t37-,44?/m1/s1. The van der Waals surface area contributed by atoms with Crippen LogP contribution in [0.15, 0.2) is 65.1 Å². The van der Waals surface area contributed by atoms with Crippen LogP contribution in [0.2, 0.25) is 0 Å². The van der Waals surface area contributed by atoms with E-state index < -0.39 is 30.2 Å². The molecule has 2 atom stereocenters. The van der Waals surface area contributed by atoms with Gasteiger partial charge < -0.3 is 50.5 Å². The molecule has 3 aromatic carbocycles. The Morgan fingerprint density at radius 3 is 2.29 bits per heavy atom. The highest BCUT2D eigenvalue weighted by molar-refractivity contribution is 9.10. The van der Waals surface area contributed by atoms with Gasteiger partial charge in [-0.2, -0.15) is 0 Å². The molecular weight excluding hydrogens is 967 g/mol. The Morgan fingerprint density at radius 2 is 1.59 bits per heavy atom. The number of hydrogen-bond donors (Lipinski definition) is 7. The molecule has 2 aliphatic rings. The van der Waals surface area contributed by atoms with Gasteiger partial charge in [0.15, 0.2) is 6.29 Å². The number of carboxylic acids is 3. The second-order valence-corrected chi connectivity index (χ2v) is 19.1. The average molecular weight is 1040 g/mol. The molecule has 19 heteroatoms. The van der Waals surface area contributed by atoms with E-state index in [0.717, 1.165) is 53.2 Å². The van der Waals surface area contributed by atoms with Gasteiger partial charge in [-0.15, -0.1) is 0 Å². The number of amides is 1. The maximum absolute atomic E-state index is 13.5. The summed E-state index contributed by atoms with van der Waals surface area (Å²) < 4.78 is 14.0. The van der Waals surface area contributed by atoms with Gasteiger partial charge in [0.1, 0.15) is 24.1 Å². The van der Waals surface area contributed by atoms with Crippen LogP contribution in [-0.4, -0.2) is 197 Å². The van der Waals surface area contributed by atoms with Crippen LogP contribution in [0.1, 0.15) is 62.1 Å². The van der Waals surface area contributed by atoms with Gasteiger partial charge in [-0.3, -0.25) is 38.8 Å². The van der Waals surface area contributed by atoms with E-state index in [0.29, 0.717) is 45.4 Å². The Balaban J connectivity index is 1.13. The molecule has 18 nitrogen and oxygen atoms in total. The lowest BCUT2D eigenvalue weighted by molar-refractivity contribution is -0.145. The summed E-state index contributed by atoms with van der Waals surface area (Å²) in [6, 6.07) is 20.3. The Labute approximate surface area is 420 Å². The Kier molecular flexibility index (Phi) is 23.8. The predicted octanol–water partition coefficient (Wildman–Crippen LogP) is 3.79. The van der Waals surface area contributed by atoms with Crippen molar-refractivity contribution in [3.05, 3.63) is 81.8 Å². The second-order valence-electron chi connectivity index (χ2n) is 18.2. The number of carboxylic acid groups (broad SMARTS) is 3. The van der Waals surface area contributed by atoms with Crippen LogP contribution in [0.3, 0.4) is 0 Å². The zero-order valence-electron chi connectivity index (χ0n) is 40.8. The summed E-state index contributed by atoms with van der Waals surface area (Å²) >= 11 is 3.82. The lowest BCUT2D eigenvalue weighted by Gasteiger charge is -2.35. The molecule has 386 valence electrons. The molecule has 1 unspecified atom stereocenters. The molecule has 0 bridgehead atoms. The van der Waals surface area contributed by atoms with Crippen LogP contribution < -0.4 is 20.1 Å². The number of nitrogens with one attached hydrogen (secondary N) is 2. The third kappa shape index (κ3) is 18.8. The number of likely N-dealkylation sites (tertiary alicyclic amines) is 1. The van der Waals surface area contributed by atoms with E-state index in [1.807, 2.05) is 24.3 Å². The number of nitrogens with zero attached hydrogens (tertiary/aromatic N) is 5. The molecule has 0 spiro atoms. The molecule has 0 radical (unpaired) electrons. The largest absolute Gasteiger partial charge is 0.493 e. The third-order valence-corrected chi connectivity index (χ3v) is 13.8. The number of hydrogen-bond acceptors (Lipinski definition) is 14. The molecule has 1 amide bonds. The normalized spacial score (nSPS) is 16.2. The highest BCUT2D eigenvalue weighted by Gasteiger charge is 2.29. The lowest BCUT2D eigenvalue weighted by atomic mass is 9.97. The van der Waals surface area contributed by atoms with Crippen LogP contribution >= 0.6 is 15.9 Å². The van der Waals surface area contributed by atoms with Crippen LogP contribution in [0.25, 0.3) is 11.1 Å². The SMILES string of the molecule is Cc1c(COc2cc(OCCCN3CCN(C(=O)CCC(C(=O)O)N(CCNCC(O)O)CCN(CCNCC(=O)O)CC(=O)O)CC3)c(CN3CCCC[C@H]3C)cc2Br)cccc1-c1ccccc1. The van der Waals surface area contributed by atoms with Crippen molar-refractivity contribution < 1.29 is 54.2 Å². The van der Waals surface area contributed by atoms with E-state index in [4.69, 9.17) is 14.6 Å². The average Bonchev–Trinajstić information content (AvgIpc) is 3.33. The highest BCUT2D eigenvalue weighted by Crippen LogP contribution is 2.36. The van der Waals surface area contributed by atoms with E-state index in [9.17, 15) is 39.6 Å². The van der Waals surface area contributed by atoms with Gasteiger partial charge >= 0.3 is 17.9 Å². The molecule has 2 fully saturated rings. The fourth-order valence-electron chi connectivity index (χ4n) is 9.09. The number of aliphatic hydroxyl groups excluding tert-OH is 1. The maximum atomic E-state index is 13.5. The van der Waals surface area contributed by atoms with Gasteiger partial charge in [-0.1, -0.05) is 55.0 Å². The minimum Gasteiger partial charge on any atom is -0.493 e. The zero-order valence-corrected chi connectivity index (χ0v) is 42.4. The Bertz CT molecular complexity index is 2110. The molecule has 3 aromatic rings. The molecule has 7 N–H and O–H groups in total. The molecule has 0 aromatic heterocycles. The number of piperidine rings is 1. The molecule has 2 heterocycles.